The molecular formula is C28H27NO2. The molecule has 31 heavy (non-hydrogen) atoms. The van der Waals surface area contributed by atoms with Crippen molar-refractivity contribution in [2.75, 3.05) is 0 Å². The third-order valence-corrected chi connectivity index (χ3v) is 5.76. The smallest absolute Gasteiger partial charge is 0.328 e. The van der Waals surface area contributed by atoms with Gasteiger partial charge in [-0.3, -0.25) is 0 Å². The van der Waals surface area contributed by atoms with Crippen LogP contribution in [0.3, 0.4) is 0 Å². The normalized spacial score (nSPS) is 12.8. The lowest BCUT2D eigenvalue weighted by molar-refractivity contribution is -0.131. The minimum Gasteiger partial charge on any atom is -0.478 e. The lowest BCUT2D eigenvalue weighted by Crippen LogP contribution is -2.13. The second-order valence-electron chi connectivity index (χ2n) is 8.30. The van der Waals surface area contributed by atoms with Gasteiger partial charge in [-0.1, -0.05) is 65.7 Å². The van der Waals surface area contributed by atoms with E-state index in [-0.39, 0.29) is 6.04 Å². The highest BCUT2D eigenvalue weighted by Crippen LogP contribution is 2.33. The van der Waals surface area contributed by atoms with Crippen molar-refractivity contribution in [1.29, 1.82) is 0 Å². The van der Waals surface area contributed by atoms with E-state index in [1.54, 1.807) is 0 Å². The Bertz CT molecular complexity index is 1280. The minimum atomic E-state index is -0.899. The molecule has 0 amide bonds. The number of carboxylic acid groups (broad SMARTS) is 1. The SMILES string of the molecule is CC(=CC(=O)O)Cc1ccc2c(ccn2C(c2cccc(C)c2)c2ccccc2C)c1. The van der Waals surface area contributed by atoms with Gasteiger partial charge in [0.15, 0.2) is 0 Å². The second kappa shape index (κ2) is 8.65. The maximum Gasteiger partial charge on any atom is 0.328 e. The summed E-state index contributed by atoms with van der Waals surface area (Å²) in [6.07, 6.45) is 4.07. The number of benzene rings is 3. The Morgan fingerprint density at radius 1 is 1.00 bits per heavy atom. The fourth-order valence-corrected chi connectivity index (χ4v) is 4.36. The molecular weight excluding hydrogens is 382 g/mol. The fraction of sp³-hybridized carbons (Fsp3) is 0.179. The van der Waals surface area contributed by atoms with Gasteiger partial charge in [0.1, 0.15) is 0 Å². The van der Waals surface area contributed by atoms with Crippen LogP contribution in [-0.4, -0.2) is 15.6 Å². The molecule has 0 aliphatic rings. The van der Waals surface area contributed by atoms with Gasteiger partial charge in [0.25, 0.3) is 0 Å². The first kappa shape index (κ1) is 20.7. The van der Waals surface area contributed by atoms with E-state index in [0.29, 0.717) is 6.42 Å². The highest BCUT2D eigenvalue weighted by molar-refractivity contribution is 5.82. The van der Waals surface area contributed by atoms with Crippen LogP contribution in [0, 0.1) is 13.8 Å². The number of allylic oxidation sites excluding steroid dienone is 1. The number of hydrogen-bond donors (Lipinski definition) is 1. The van der Waals surface area contributed by atoms with Crippen molar-refractivity contribution in [1.82, 2.24) is 4.57 Å². The number of fused-ring (bicyclic) bond motifs is 1. The van der Waals surface area contributed by atoms with E-state index >= 15 is 0 Å². The highest BCUT2D eigenvalue weighted by Gasteiger charge is 2.20. The molecule has 0 fully saturated rings. The first-order valence-corrected chi connectivity index (χ1v) is 10.5. The molecule has 0 saturated heterocycles. The zero-order valence-corrected chi connectivity index (χ0v) is 18.2. The molecule has 4 aromatic rings. The van der Waals surface area contributed by atoms with Gasteiger partial charge in [-0.2, -0.15) is 0 Å². The first-order valence-electron chi connectivity index (χ1n) is 10.5. The Hall–Kier alpha value is -3.59. The van der Waals surface area contributed by atoms with Gasteiger partial charge in [-0.05, 0) is 73.0 Å². The molecule has 3 heteroatoms. The van der Waals surface area contributed by atoms with Crippen LogP contribution in [0.15, 0.2) is 90.6 Å². The van der Waals surface area contributed by atoms with Crippen LogP contribution in [0.5, 0.6) is 0 Å². The van der Waals surface area contributed by atoms with Crippen molar-refractivity contribution in [3.63, 3.8) is 0 Å². The topological polar surface area (TPSA) is 42.2 Å². The monoisotopic (exact) mass is 409 g/mol. The van der Waals surface area contributed by atoms with Crippen LogP contribution in [-0.2, 0) is 11.2 Å². The van der Waals surface area contributed by atoms with Crippen LogP contribution in [0.2, 0.25) is 0 Å². The van der Waals surface area contributed by atoms with Gasteiger partial charge in [-0.25, -0.2) is 4.79 Å². The molecule has 0 aliphatic heterocycles. The Morgan fingerprint density at radius 3 is 2.55 bits per heavy atom. The molecule has 0 radical (unpaired) electrons. The highest BCUT2D eigenvalue weighted by atomic mass is 16.4. The number of carboxylic acids is 1. The van der Waals surface area contributed by atoms with Gasteiger partial charge in [0, 0.05) is 17.8 Å². The molecule has 156 valence electrons. The van der Waals surface area contributed by atoms with Crippen molar-refractivity contribution in [2.45, 2.75) is 33.2 Å². The van der Waals surface area contributed by atoms with E-state index in [1.807, 2.05) is 6.92 Å². The fourth-order valence-electron chi connectivity index (χ4n) is 4.36. The quantitative estimate of drug-likeness (QED) is 0.371. The Labute approximate surface area is 183 Å². The number of hydrogen-bond acceptors (Lipinski definition) is 1. The number of aryl methyl sites for hydroxylation is 2. The van der Waals surface area contributed by atoms with Crippen molar-refractivity contribution in [3.8, 4) is 0 Å². The Morgan fingerprint density at radius 2 is 1.81 bits per heavy atom. The van der Waals surface area contributed by atoms with Crippen molar-refractivity contribution in [2.24, 2.45) is 0 Å². The van der Waals surface area contributed by atoms with E-state index in [9.17, 15) is 4.79 Å². The van der Waals surface area contributed by atoms with Crippen LogP contribution in [0.25, 0.3) is 10.9 Å². The van der Waals surface area contributed by atoms with E-state index < -0.39 is 5.97 Å². The lowest BCUT2D eigenvalue weighted by atomic mass is 9.93. The van der Waals surface area contributed by atoms with Crippen LogP contribution in [0.1, 0.15) is 40.8 Å². The molecule has 0 saturated carbocycles. The lowest BCUT2D eigenvalue weighted by Gasteiger charge is -2.24. The van der Waals surface area contributed by atoms with Crippen LogP contribution >= 0.6 is 0 Å². The minimum absolute atomic E-state index is 0.0816. The zero-order valence-electron chi connectivity index (χ0n) is 18.2. The number of aliphatic carboxylic acids is 1. The molecule has 0 aliphatic carbocycles. The van der Waals surface area contributed by atoms with Gasteiger partial charge >= 0.3 is 5.97 Å². The molecule has 3 aromatic carbocycles. The zero-order chi connectivity index (χ0) is 22.0. The number of aromatic nitrogens is 1. The summed E-state index contributed by atoms with van der Waals surface area (Å²) in [6.45, 7) is 6.15. The summed E-state index contributed by atoms with van der Waals surface area (Å²) in [7, 11) is 0. The number of rotatable bonds is 6. The van der Waals surface area contributed by atoms with Gasteiger partial charge < -0.3 is 9.67 Å². The molecule has 3 nitrogen and oxygen atoms in total. The summed E-state index contributed by atoms with van der Waals surface area (Å²) in [5.41, 5.74) is 8.17. The predicted octanol–water partition coefficient (Wildman–Crippen LogP) is 6.47. The summed E-state index contributed by atoms with van der Waals surface area (Å²) in [5.74, 6) is -0.899. The molecule has 0 spiro atoms. The number of carbonyl (C=O) groups is 1. The summed E-state index contributed by atoms with van der Waals surface area (Å²) >= 11 is 0. The molecule has 1 aromatic heterocycles. The first-order chi connectivity index (χ1) is 14.9. The van der Waals surface area contributed by atoms with Crippen molar-refractivity contribution in [3.05, 3.63) is 118 Å². The molecule has 1 atom stereocenters. The summed E-state index contributed by atoms with van der Waals surface area (Å²) in [6, 6.07) is 25.9. The standard InChI is InChI=1S/C28H27NO2/c1-19-7-6-9-24(16-19)28(25-10-5-4-8-21(25)3)29-14-13-23-18-22(11-12-26(23)29)15-20(2)17-27(30)31/h4-14,16-18,28H,15H2,1-3H3,(H,30,31). The summed E-state index contributed by atoms with van der Waals surface area (Å²) in [5, 5.41) is 10.1. The predicted molar refractivity (Wildman–Crippen MR) is 127 cm³/mol. The van der Waals surface area contributed by atoms with Gasteiger partial charge in [-0.15, -0.1) is 0 Å². The largest absolute Gasteiger partial charge is 0.478 e. The van der Waals surface area contributed by atoms with E-state index in [1.165, 1.54) is 33.8 Å². The van der Waals surface area contributed by atoms with E-state index in [2.05, 4.69) is 97.4 Å². The average molecular weight is 410 g/mol. The van der Waals surface area contributed by atoms with Crippen molar-refractivity contribution < 1.29 is 9.90 Å². The maximum atomic E-state index is 10.9. The maximum absolute atomic E-state index is 10.9. The van der Waals surface area contributed by atoms with Crippen molar-refractivity contribution >= 4 is 16.9 Å². The van der Waals surface area contributed by atoms with Crippen LogP contribution in [0.4, 0.5) is 0 Å². The Kier molecular flexibility index (Phi) is 5.77. The van der Waals surface area contributed by atoms with Crippen LogP contribution < -0.4 is 0 Å². The summed E-state index contributed by atoms with van der Waals surface area (Å²) < 4.78 is 2.34. The molecule has 1 N–H and O–H groups in total. The Balaban J connectivity index is 1.81. The van der Waals surface area contributed by atoms with E-state index in [0.717, 1.165) is 16.5 Å². The molecule has 0 bridgehead atoms. The molecule has 4 rings (SSSR count). The average Bonchev–Trinajstić information content (AvgIpc) is 3.12. The van der Waals surface area contributed by atoms with Gasteiger partial charge in [0.2, 0.25) is 0 Å². The summed E-state index contributed by atoms with van der Waals surface area (Å²) in [4.78, 5) is 10.9. The molecule has 1 heterocycles. The third kappa shape index (κ3) is 4.46. The third-order valence-electron chi connectivity index (χ3n) is 5.76. The second-order valence-corrected chi connectivity index (χ2v) is 8.30. The van der Waals surface area contributed by atoms with E-state index in [4.69, 9.17) is 5.11 Å². The molecule has 1 unspecified atom stereocenters. The van der Waals surface area contributed by atoms with Gasteiger partial charge in [0.05, 0.1) is 6.04 Å². The number of nitrogens with zero attached hydrogens (tertiary/aromatic N) is 1.